The van der Waals surface area contributed by atoms with E-state index in [-0.39, 0.29) is 23.6 Å². The van der Waals surface area contributed by atoms with Crippen LogP contribution in [0, 0.1) is 0 Å². The second kappa shape index (κ2) is 4.92. The summed E-state index contributed by atoms with van der Waals surface area (Å²) in [5.41, 5.74) is -0.714. The van der Waals surface area contributed by atoms with Crippen LogP contribution in [-0.2, 0) is 16.6 Å². The van der Waals surface area contributed by atoms with E-state index in [0.717, 1.165) is 0 Å². The molecule has 19 heavy (non-hydrogen) atoms. The predicted octanol–water partition coefficient (Wildman–Crippen LogP) is -0.474. The lowest BCUT2D eigenvalue weighted by molar-refractivity contribution is -0.137. The second-order valence-electron chi connectivity index (χ2n) is 3.72. The van der Waals surface area contributed by atoms with Crippen molar-refractivity contribution < 1.29 is 9.53 Å². The topological polar surface area (TPSA) is 110 Å². The SMILES string of the molecule is CCOC(=O)C=Cc1nc2c([nH]1)c(=O)[nH]c(=O)n2C. The maximum absolute atomic E-state index is 11.5. The van der Waals surface area contributed by atoms with Crippen LogP contribution in [0.5, 0.6) is 0 Å². The molecule has 0 aliphatic carbocycles. The Kier molecular flexibility index (Phi) is 3.32. The van der Waals surface area contributed by atoms with Crippen LogP contribution in [0.3, 0.4) is 0 Å². The van der Waals surface area contributed by atoms with Gasteiger partial charge >= 0.3 is 11.7 Å². The van der Waals surface area contributed by atoms with Gasteiger partial charge in [0.25, 0.3) is 5.56 Å². The fraction of sp³-hybridized carbons (Fsp3) is 0.273. The van der Waals surface area contributed by atoms with Gasteiger partial charge in [0, 0.05) is 13.1 Å². The normalized spacial score (nSPS) is 11.3. The van der Waals surface area contributed by atoms with Gasteiger partial charge in [-0.1, -0.05) is 0 Å². The third-order valence-electron chi connectivity index (χ3n) is 2.44. The van der Waals surface area contributed by atoms with Crippen molar-refractivity contribution in [2.75, 3.05) is 6.61 Å². The fourth-order valence-corrected chi connectivity index (χ4v) is 1.54. The number of esters is 1. The van der Waals surface area contributed by atoms with Gasteiger partial charge in [0.2, 0.25) is 0 Å². The molecule has 0 aliphatic heterocycles. The molecule has 0 spiro atoms. The highest BCUT2D eigenvalue weighted by Gasteiger charge is 2.09. The van der Waals surface area contributed by atoms with E-state index < -0.39 is 17.2 Å². The summed E-state index contributed by atoms with van der Waals surface area (Å²) in [4.78, 5) is 43.0. The number of hydrogen-bond acceptors (Lipinski definition) is 5. The number of carbonyl (C=O) groups is 1. The quantitative estimate of drug-likeness (QED) is 0.575. The molecule has 100 valence electrons. The molecule has 0 unspecified atom stereocenters. The molecule has 0 amide bonds. The molecule has 2 N–H and O–H groups in total. The Hall–Kier alpha value is -2.64. The third kappa shape index (κ3) is 2.46. The Bertz CT molecular complexity index is 765. The summed E-state index contributed by atoms with van der Waals surface area (Å²) in [6.45, 7) is 1.97. The van der Waals surface area contributed by atoms with Crippen LogP contribution in [0.15, 0.2) is 15.7 Å². The first-order chi connectivity index (χ1) is 9.02. The van der Waals surface area contributed by atoms with Crippen LogP contribution in [0.25, 0.3) is 17.2 Å². The Morgan fingerprint density at radius 3 is 2.84 bits per heavy atom. The highest BCUT2D eigenvalue weighted by Crippen LogP contribution is 2.05. The van der Waals surface area contributed by atoms with E-state index in [1.54, 1.807) is 6.92 Å². The van der Waals surface area contributed by atoms with Gasteiger partial charge in [-0.2, -0.15) is 0 Å². The average molecular weight is 264 g/mol. The van der Waals surface area contributed by atoms with Gasteiger partial charge in [0.1, 0.15) is 11.3 Å². The summed E-state index contributed by atoms with van der Waals surface area (Å²) in [5, 5.41) is 0. The number of hydrogen-bond donors (Lipinski definition) is 2. The van der Waals surface area contributed by atoms with E-state index in [9.17, 15) is 14.4 Å². The molecule has 2 heterocycles. The van der Waals surface area contributed by atoms with E-state index in [4.69, 9.17) is 4.74 Å². The minimum absolute atomic E-state index is 0.172. The summed E-state index contributed by atoms with van der Waals surface area (Å²) >= 11 is 0. The highest BCUT2D eigenvalue weighted by molar-refractivity contribution is 5.87. The van der Waals surface area contributed by atoms with Gasteiger partial charge in [-0.25, -0.2) is 14.6 Å². The fourth-order valence-electron chi connectivity index (χ4n) is 1.54. The number of H-pyrrole nitrogens is 2. The van der Waals surface area contributed by atoms with Crippen LogP contribution in [0.4, 0.5) is 0 Å². The second-order valence-corrected chi connectivity index (χ2v) is 3.72. The lowest BCUT2D eigenvalue weighted by Gasteiger charge is -1.94. The zero-order chi connectivity index (χ0) is 14.0. The molecular formula is C11H12N4O4. The number of aryl methyl sites for hydroxylation is 1. The van der Waals surface area contributed by atoms with E-state index in [1.165, 1.54) is 23.8 Å². The van der Waals surface area contributed by atoms with Crippen molar-refractivity contribution in [3.63, 3.8) is 0 Å². The largest absolute Gasteiger partial charge is 0.463 e. The monoisotopic (exact) mass is 264 g/mol. The Morgan fingerprint density at radius 2 is 2.16 bits per heavy atom. The minimum Gasteiger partial charge on any atom is -0.463 e. The first-order valence-electron chi connectivity index (χ1n) is 5.56. The maximum atomic E-state index is 11.5. The number of aromatic amines is 2. The standard InChI is InChI=1S/C11H12N4O4/c1-3-19-7(16)5-4-6-12-8-9(13-6)15(2)11(18)14-10(8)17/h4-5H,3H2,1-2H3,(H,12,13)(H,14,17,18). The highest BCUT2D eigenvalue weighted by atomic mass is 16.5. The van der Waals surface area contributed by atoms with E-state index in [0.29, 0.717) is 0 Å². The number of imidazole rings is 1. The molecule has 0 atom stereocenters. The lowest BCUT2D eigenvalue weighted by atomic mass is 10.5. The van der Waals surface area contributed by atoms with Crippen molar-refractivity contribution >= 4 is 23.2 Å². The Balaban J connectivity index is 2.46. The van der Waals surface area contributed by atoms with E-state index >= 15 is 0 Å². The molecule has 2 aromatic rings. The van der Waals surface area contributed by atoms with Gasteiger partial charge in [0.15, 0.2) is 5.65 Å². The molecule has 2 aromatic heterocycles. The van der Waals surface area contributed by atoms with Gasteiger partial charge in [0.05, 0.1) is 6.61 Å². The first kappa shape index (κ1) is 12.8. The molecule has 2 rings (SSSR count). The van der Waals surface area contributed by atoms with Crippen molar-refractivity contribution in [3.05, 3.63) is 32.7 Å². The number of rotatable bonds is 3. The summed E-state index contributed by atoms with van der Waals surface area (Å²) in [5.74, 6) is -0.222. The summed E-state index contributed by atoms with van der Waals surface area (Å²) < 4.78 is 5.92. The maximum Gasteiger partial charge on any atom is 0.330 e. The average Bonchev–Trinajstić information content (AvgIpc) is 2.79. The molecule has 0 bridgehead atoms. The van der Waals surface area contributed by atoms with Crippen LogP contribution in [0.2, 0.25) is 0 Å². The van der Waals surface area contributed by atoms with E-state index in [1.807, 2.05) is 0 Å². The molecule has 0 saturated carbocycles. The molecule has 0 radical (unpaired) electrons. The molecule has 0 aliphatic rings. The van der Waals surface area contributed by atoms with Crippen LogP contribution in [0.1, 0.15) is 12.7 Å². The molecule has 0 aromatic carbocycles. The van der Waals surface area contributed by atoms with Crippen molar-refractivity contribution in [2.45, 2.75) is 6.92 Å². The van der Waals surface area contributed by atoms with Gasteiger partial charge in [-0.05, 0) is 13.0 Å². The lowest BCUT2D eigenvalue weighted by Crippen LogP contribution is -2.28. The molecule has 8 nitrogen and oxygen atoms in total. The molecule has 0 saturated heterocycles. The van der Waals surface area contributed by atoms with Crippen LogP contribution in [-0.4, -0.2) is 32.1 Å². The van der Waals surface area contributed by atoms with Gasteiger partial charge in [-0.15, -0.1) is 0 Å². The minimum atomic E-state index is -0.554. The van der Waals surface area contributed by atoms with Crippen molar-refractivity contribution in [2.24, 2.45) is 7.05 Å². The number of nitrogens with zero attached hydrogens (tertiary/aromatic N) is 2. The number of ether oxygens (including phenoxy) is 1. The predicted molar refractivity (Wildman–Crippen MR) is 67.6 cm³/mol. The number of nitrogens with one attached hydrogen (secondary N) is 2. The summed E-state index contributed by atoms with van der Waals surface area (Å²) in [6, 6.07) is 0. The molecule has 8 heteroatoms. The molecular weight excluding hydrogens is 252 g/mol. The number of carbonyl (C=O) groups excluding carboxylic acids is 1. The van der Waals surface area contributed by atoms with E-state index in [2.05, 4.69) is 15.0 Å². The van der Waals surface area contributed by atoms with Gasteiger partial charge in [-0.3, -0.25) is 14.3 Å². The number of fused-ring (bicyclic) bond motifs is 1. The summed E-state index contributed by atoms with van der Waals surface area (Å²) in [6.07, 6.45) is 2.56. The van der Waals surface area contributed by atoms with Crippen LogP contribution >= 0.6 is 0 Å². The van der Waals surface area contributed by atoms with Crippen molar-refractivity contribution in [1.29, 1.82) is 0 Å². The van der Waals surface area contributed by atoms with Crippen LogP contribution < -0.4 is 11.2 Å². The zero-order valence-electron chi connectivity index (χ0n) is 10.4. The number of aromatic nitrogens is 4. The van der Waals surface area contributed by atoms with Crippen molar-refractivity contribution in [1.82, 2.24) is 19.5 Å². The third-order valence-corrected chi connectivity index (χ3v) is 2.44. The Labute approximate surface area is 106 Å². The smallest absolute Gasteiger partial charge is 0.330 e. The van der Waals surface area contributed by atoms with Gasteiger partial charge < -0.3 is 9.72 Å². The first-order valence-corrected chi connectivity index (χ1v) is 5.56. The molecule has 0 fully saturated rings. The Morgan fingerprint density at radius 1 is 1.42 bits per heavy atom. The van der Waals surface area contributed by atoms with Crippen molar-refractivity contribution in [3.8, 4) is 0 Å². The summed E-state index contributed by atoms with van der Waals surface area (Å²) in [7, 11) is 1.49. The zero-order valence-corrected chi connectivity index (χ0v) is 10.4.